The molecule has 2 saturated heterocycles. The maximum absolute atomic E-state index is 13.2. The normalized spacial score (nSPS) is 25.3. The minimum atomic E-state index is -0.948. The van der Waals surface area contributed by atoms with Crippen molar-refractivity contribution in [2.75, 3.05) is 26.3 Å². The van der Waals surface area contributed by atoms with Crippen molar-refractivity contribution in [3.05, 3.63) is 35.4 Å². The number of carboxylic acids is 1. The van der Waals surface area contributed by atoms with Gasteiger partial charge in [0.1, 0.15) is 6.04 Å². The molecule has 0 bridgehead atoms. The maximum Gasteiger partial charge on any atom is 0.311 e. The zero-order valence-electron chi connectivity index (χ0n) is 16.6. The fourth-order valence-corrected chi connectivity index (χ4v) is 4.11. The van der Waals surface area contributed by atoms with Crippen LogP contribution in [-0.4, -0.2) is 60.1 Å². The van der Waals surface area contributed by atoms with Gasteiger partial charge in [0.15, 0.2) is 0 Å². The predicted molar refractivity (Wildman–Crippen MR) is 103 cm³/mol. The molecular formula is C21H28N2O5. The van der Waals surface area contributed by atoms with E-state index in [-0.39, 0.29) is 30.2 Å². The number of hydrogen-bond acceptors (Lipinski definition) is 4. The van der Waals surface area contributed by atoms with E-state index in [1.807, 2.05) is 32.9 Å². The van der Waals surface area contributed by atoms with Crippen molar-refractivity contribution >= 4 is 17.8 Å². The first-order valence-corrected chi connectivity index (χ1v) is 9.72. The van der Waals surface area contributed by atoms with Gasteiger partial charge in [0.25, 0.3) is 5.91 Å². The molecule has 0 aromatic heterocycles. The highest BCUT2D eigenvalue weighted by Gasteiger charge is 2.55. The van der Waals surface area contributed by atoms with E-state index < -0.39 is 17.4 Å². The minimum absolute atomic E-state index is 0.124. The fourth-order valence-electron chi connectivity index (χ4n) is 4.11. The van der Waals surface area contributed by atoms with Gasteiger partial charge in [-0.25, -0.2) is 0 Å². The number of carboxylic acid groups (broad SMARTS) is 1. The molecule has 0 radical (unpaired) electrons. The average molecular weight is 388 g/mol. The zero-order chi connectivity index (χ0) is 20.5. The molecule has 3 atom stereocenters. The topological polar surface area (TPSA) is 95.9 Å². The molecule has 1 aromatic carbocycles. The lowest BCUT2D eigenvalue weighted by Gasteiger charge is -2.34. The van der Waals surface area contributed by atoms with Gasteiger partial charge in [-0.15, -0.1) is 0 Å². The first-order chi connectivity index (χ1) is 13.2. The second kappa shape index (κ2) is 7.91. The number of amides is 2. The van der Waals surface area contributed by atoms with Crippen molar-refractivity contribution in [3.63, 3.8) is 0 Å². The lowest BCUT2D eigenvalue weighted by Crippen LogP contribution is -2.51. The van der Waals surface area contributed by atoms with E-state index >= 15 is 0 Å². The highest BCUT2D eigenvalue weighted by molar-refractivity contribution is 5.97. The van der Waals surface area contributed by atoms with Crippen molar-refractivity contribution < 1.29 is 24.2 Å². The van der Waals surface area contributed by atoms with Crippen LogP contribution in [0.1, 0.15) is 36.2 Å². The van der Waals surface area contributed by atoms with Crippen LogP contribution in [0, 0.1) is 24.2 Å². The molecule has 2 heterocycles. The molecule has 2 fully saturated rings. The van der Waals surface area contributed by atoms with E-state index in [9.17, 15) is 19.5 Å². The second-order valence-corrected chi connectivity index (χ2v) is 8.26. The van der Waals surface area contributed by atoms with Gasteiger partial charge in [-0.2, -0.15) is 0 Å². The Morgan fingerprint density at radius 3 is 2.50 bits per heavy atom. The van der Waals surface area contributed by atoms with Gasteiger partial charge in [0.2, 0.25) is 5.91 Å². The molecule has 1 aromatic rings. The number of nitrogens with zero attached hydrogens (tertiary/aromatic N) is 1. The van der Waals surface area contributed by atoms with Crippen LogP contribution >= 0.6 is 0 Å². The Morgan fingerprint density at radius 2 is 1.93 bits per heavy atom. The zero-order valence-corrected chi connectivity index (χ0v) is 16.6. The van der Waals surface area contributed by atoms with Gasteiger partial charge in [-0.05, 0) is 31.4 Å². The number of fused-ring (bicyclic) bond motifs is 1. The third-order valence-corrected chi connectivity index (χ3v) is 5.98. The van der Waals surface area contributed by atoms with E-state index in [2.05, 4.69) is 5.32 Å². The largest absolute Gasteiger partial charge is 0.481 e. The van der Waals surface area contributed by atoms with Crippen LogP contribution in [0.25, 0.3) is 0 Å². The molecule has 0 aliphatic carbocycles. The Balaban J connectivity index is 1.75. The van der Waals surface area contributed by atoms with E-state index in [1.54, 1.807) is 17.0 Å². The number of benzene rings is 1. The van der Waals surface area contributed by atoms with Crippen molar-refractivity contribution in [2.24, 2.45) is 17.3 Å². The van der Waals surface area contributed by atoms with Gasteiger partial charge in [0, 0.05) is 31.2 Å². The van der Waals surface area contributed by atoms with Crippen molar-refractivity contribution in [3.8, 4) is 0 Å². The van der Waals surface area contributed by atoms with E-state index in [4.69, 9.17) is 4.74 Å². The average Bonchev–Trinajstić information content (AvgIpc) is 3.07. The first kappa shape index (κ1) is 20.3. The summed E-state index contributed by atoms with van der Waals surface area (Å²) in [6.45, 7) is 6.93. The maximum atomic E-state index is 13.2. The van der Waals surface area contributed by atoms with Crippen LogP contribution < -0.4 is 5.32 Å². The number of carbonyl (C=O) groups excluding carboxylic acids is 2. The molecule has 7 heteroatoms. The fraction of sp³-hybridized carbons (Fsp3) is 0.571. The predicted octanol–water partition coefficient (Wildman–Crippen LogP) is 1.70. The Labute approximate surface area is 165 Å². The van der Waals surface area contributed by atoms with Gasteiger partial charge in [0.05, 0.1) is 12.0 Å². The molecular weight excluding hydrogens is 360 g/mol. The number of aliphatic carboxylic acids is 1. The summed E-state index contributed by atoms with van der Waals surface area (Å²) in [7, 11) is 0. The summed E-state index contributed by atoms with van der Waals surface area (Å²) in [4.78, 5) is 39.4. The molecule has 0 saturated carbocycles. The second-order valence-electron chi connectivity index (χ2n) is 8.26. The quantitative estimate of drug-likeness (QED) is 0.800. The van der Waals surface area contributed by atoms with E-state index in [0.29, 0.717) is 31.7 Å². The Hall–Kier alpha value is -2.41. The molecule has 2 aliphatic rings. The lowest BCUT2D eigenvalue weighted by molar-refractivity contribution is -0.157. The summed E-state index contributed by atoms with van der Waals surface area (Å²) in [6.07, 6.45) is 0.402. The highest BCUT2D eigenvalue weighted by atomic mass is 16.5. The lowest BCUT2D eigenvalue weighted by atomic mass is 9.74. The summed E-state index contributed by atoms with van der Waals surface area (Å²) in [5, 5.41) is 12.6. The van der Waals surface area contributed by atoms with Gasteiger partial charge < -0.3 is 20.1 Å². The van der Waals surface area contributed by atoms with Gasteiger partial charge in [-0.1, -0.05) is 31.5 Å². The minimum Gasteiger partial charge on any atom is -0.481 e. The van der Waals surface area contributed by atoms with Gasteiger partial charge in [-0.3, -0.25) is 14.4 Å². The number of likely N-dealkylation sites (tertiary alicyclic amines) is 1. The number of rotatable bonds is 5. The van der Waals surface area contributed by atoms with Crippen LogP contribution in [0.15, 0.2) is 24.3 Å². The molecule has 2 aliphatic heterocycles. The molecule has 2 amide bonds. The van der Waals surface area contributed by atoms with Crippen LogP contribution in [0.3, 0.4) is 0 Å². The summed E-state index contributed by atoms with van der Waals surface area (Å²) >= 11 is 0. The standard InChI is InChI=1S/C21H28N2O5/c1-13(2)17(22-18(24)15-6-4-14(3)5-7-15)19(25)23-10-16-11-28-9-8-21(16,12-23)20(26)27/h4-7,13,16-17H,8-12H2,1-3H3,(H,22,24)(H,26,27)/t16-,17?,21+/m0/s1. The van der Waals surface area contributed by atoms with Crippen LogP contribution in [0.5, 0.6) is 0 Å². The summed E-state index contributed by atoms with van der Waals surface area (Å²) in [6, 6.07) is 6.45. The summed E-state index contributed by atoms with van der Waals surface area (Å²) < 4.78 is 5.46. The smallest absolute Gasteiger partial charge is 0.311 e. The number of nitrogens with one attached hydrogen (secondary N) is 1. The third-order valence-electron chi connectivity index (χ3n) is 5.98. The molecule has 0 spiro atoms. The Kier molecular flexibility index (Phi) is 5.74. The Morgan fingerprint density at radius 1 is 1.25 bits per heavy atom. The Bertz CT molecular complexity index is 761. The highest BCUT2D eigenvalue weighted by Crippen LogP contribution is 2.42. The van der Waals surface area contributed by atoms with E-state index in [0.717, 1.165) is 5.56 Å². The summed E-state index contributed by atoms with van der Waals surface area (Å²) in [5.74, 6) is -1.75. The molecule has 3 rings (SSSR count). The van der Waals surface area contributed by atoms with Crippen LogP contribution in [0.2, 0.25) is 0 Å². The number of ether oxygens (including phenoxy) is 1. The van der Waals surface area contributed by atoms with Crippen LogP contribution in [0.4, 0.5) is 0 Å². The molecule has 1 unspecified atom stereocenters. The first-order valence-electron chi connectivity index (χ1n) is 9.72. The third kappa shape index (κ3) is 3.76. The molecule has 28 heavy (non-hydrogen) atoms. The number of hydrogen-bond donors (Lipinski definition) is 2. The molecule has 152 valence electrons. The van der Waals surface area contributed by atoms with Crippen molar-refractivity contribution in [2.45, 2.75) is 33.2 Å². The number of carbonyl (C=O) groups is 3. The summed E-state index contributed by atoms with van der Waals surface area (Å²) in [5.41, 5.74) is 0.597. The van der Waals surface area contributed by atoms with Crippen LogP contribution in [-0.2, 0) is 14.3 Å². The SMILES string of the molecule is Cc1ccc(C(=O)NC(C(=O)N2C[C@H]3COCC[C@@]3(C(=O)O)C2)C(C)C)cc1. The van der Waals surface area contributed by atoms with Gasteiger partial charge >= 0.3 is 5.97 Å². The molecule has 2 N–H and O–H groups in total. The number of aryl methyl sites for hydroxylation is 1. The molecule has 7 nitrogen and oxygen atoms in total. The van der Waals surface area contributed by atoms with E-state index in [1.165, 1.54) is 0 Å². The van der Waals surface area contributed by atoms with Crippen molar-refractivity contribution in [1.82, 2.24) is 10.2 Å². The monoisotopic (exact) mass is 388 g/mol. The van der Waals surface area contributed by atoms with Crippen molar-refractivity contribution in [1.29, 1.82) is 0 Å².